The summed E-state index contributed by atoms with van der Waals surface area (Å²) in [4.78, 5) is 26.0. The molecule has 1 N–H and O–H groups in total. The Morgan fingerprint density at radius 2 is 1.96 bits per heavy atom. The van der Waals surface area contributed by atoms with Crippen LogP contribution in [0.4, 0.5) is 10.6 Å². The number of halogens is 1. The Hall–Kier alpha value is -2.02. The Bertz CT molecular complexity index is 899. The zero-order valence-corrected chi connectivity index (χ0v) is 18.1. The molecule has 0 fully saturated rings. The zero-order chi connectivity index (χ0) is 20.4. The first-order chi connectivity index (χ1) is 12.6. The third-order valence-electron chi connectivity index (χ3n) is 4.14. The molecule has 0 atom stereocenters. The van der Waals surface area contributed by atoms with Gasteiger partial charge in [-0.1, -0.05) is 50.0 Å². The summed E-state index contributed by atoms with van der Waals surface area (Å²) in [5, 5.41) is 10.7. The summed E-state index contributed by atoms with van der Waals surface area (Å²) in [6.07, 6.45) is 0.643. The molecule has 0 saturated heterocycles. The number of anilines is 1. The molecule has 2 rings (SSSR count). The predicted molar refractivity (Wildman–Crippen MR) is 112 cm³/mol. The fourth-order valence-corrected chi connectivity index (χ4v) is 3.24. The van der Waals surface area contributed by atoms with Crippen LogP contribution < -0.4 is 15.2 Å². The van der Waals surface area contributed by atoms with Crippen molar-refractivity contribution in [2.24, 2.45) is 5.41 Å². The maximum absolute atomic E-state index is 13.2. The van der Waals surface area contributed by atoms with E-state index in [1.54, 1.807) is 12.1 Å². The van der Waals surface area contributed by atoms with Crippen molar-refractivity contribution in [2.45, 2.75) is 47.1 Å². The number of carboxylic acid groups (broad SMARTS) is 1. The molecule has 0 bridgehead atoms. The van der Waals surface area contributed by atoms with Gasteiger partial charge in [0.05, 0.1) is 12.0 Å². The second-order valence-electron chi connectivity index (χ2n) is 7.84. The van der Waals surface area contributed by atoms with Crippen molar-refractivity contribution in [3.63, 3.8) is 0 Å². The van der Waals surface area contributed by atoms with E-state index in [4.69, 9.17) is 4.74 Å². The fourth-order valence-electron chi connectivity index (χ4n) is 2.88. The Balaban J connectivity index is 2.89. The molecule has 0 spiro atoms. The number of pyridine rings is 1. The van der Waals surface area contributed by atoms with Crippen molar-refractivity contribution >= 4 is 38.6 Å². The van der Waals surface area contributed by atoms with Gasteiger partial charge in [0, 0.05) is 23.5 Å². The summed E-state index contributed by atoms with van der Waals surface area (Å²) in [6.45, 7) is 8.90. The predicted octanol–water partition coefficient (Wildman–Crippen LogP) is 5.10. The minimum absolute atomic E-state index is 0.221. The van der Waals surface area contributed by atoms with Gasteiger partial charge in [0.1, 0.15) is 0 Å². The second kappa shape index (κ2) is 8.33. The highest BCUT2D eigenvalue weighted by Crippen LogP contribution is 2.37. The number of benzene rings is 1. The number of aromatic nitrogens is 1. The van der Waals surface area contributed by atoms with Crippen LogP contribution in [-0.2, 0) is 6.54 Å². The maximum Gasteiger partial charge on any atom is 0.412 e. The van der Waals surface area contributed by atoms with Gasteiger partial charge in [-0.15, -0.1) is 0 Å². The average molecular weight is 439 g/mol. The Morgan fingerprint density at radius 1 is 1.30 bits per heavy atom. The molecule has 1 heterocycles. The van der Waals surface area contributed by atoms with Gasteiger partial charge in [-0.05, 0) is 30.0 Å². The molecule has 0 radical (unpaired) electrons. The van der Waals surface area contributed by atoms with E-state index in [9.17, 15) is 14.7 Å². The smallest absolute Gasteiger partial charge is 0.412 e. The number of rotatable bonds is 6. The summed E-state index contributed by atoms with van der Waals surface area (Å²) < 4.78 is 8.36. The van der Waals surface area contributed by atoms with E-state index in [2.05, 4.69) is 22.9 Å². The number of fused-ring (bicyclic) bond motifs is 1. The lowest BCUT2D eigenvalue weighted by atomic mass is 9.96. The van der Waals surface area contributed by atoms with Crippen LogP contribution in [-0.4, -0.2) is 29.4 Å². The number of ether oxygens (including phenoxy) is 1. The van der Waals surface area contributed by atoms with Crippen LogP contribution in [0.1, 0.15) is 40.5 Å². The van der Waals surface area contributed by atoms with E-state index in [-0.39, 0.29) is 16.8 Å². The van der Waals surface area contributed by atoms with Gasteiger partial charge >= 0.3 is 6.09 Å². The van der Waals surface area contributed by atoms with Gasteiger partial charge in [0.25, 0.3) is 5.56 Å². The number of nitrogens with zero attached hydrogens (tertiary/aromatic N) is 2. The van der Waals surface area contributed by atoms with Gasteiger partial charge in [-0.3, -0.25) is 14.3 Å². The molecule has 0 aliphatic carbocycles. The molecule has 7 heteroatoms. The van der Waals surface area contributed by atoms with E-state index in [0.717, 1.165) is 22.2 Å². The van der Waals surface area contributed by atoms with Crippen molar-refractivity contribution in [3.8, 4) is 5.75 Å². The Morgan fingerprint density at radius 3 is 2.52 bits per heavy atom. The van der Waals surface area contributed by atoms with Crippen LogP contribution in [0.15, 0.2) is 27.5 Å². The van der Waals surface area contributed by atoms with Crippen molar-refractivity contribution in [1.29, 1.82) is 0 Å². The van der Waals surface area contributed by atoms with Gasteiger partial charge in [0.2, 0.25) is 0 Å². The molecule has 1 aromatic carbocycles. The quantitative estimate of drug-likeness (QED) is 0.636. The first kappa shape index (κ1) is 21.3. The third kappa shape index (κ3) is 4.83. The minimum atomic E-state index is -1.15. The Kier molecular flexibility index (Phi) is 6.57. The monoisotopic (exact) mass is 438 g/mol. The molecule has 27 heavy (non-hydrogen) atoms. The minimum Gasteiger partial charge on any atom is -0.489 e. The van der Waals surface area contributed by atoms with Crippen LogP contribution in [0.25, 0.3) is 10.8 Å². The molecule has 6 nitrogen and oxygen atoms in total. The SMILES string of the molecule is CCCCOc1c(N(C)C(=O)O)n(CC(C)(C)C)c(=O)c2ccc(Br)cc12. The van der Waals surface area contributed by atoms with Crippen LogP contribution in [0.2, 0.25) is 0 Å². The molecule has 148 valence electrons. The van der Waals surface area contributed by atoms with E-state index in [1.807, 2.05) is 26.8 Å². The highest BCUT2D eigenvalue weighted by atomic mass is 79.9. The molecular formula is C20H27BrN2O4. The largest absolute Gasteiger partial charge is 0.489 e. The van der Waals surface area contributed by atoms with Crippen LogP contribution >= 0.6 is 15.9 Å². The lowest BCUT2D eigenvalue weighted by Gasteiger charge is -2.28. The van der Waals surface area contributed by atoms with E-state index in [1.165, 1.54) is 11.6 Å². The lowest BCUT2D eigenvalue weighted by molar-refractivity contribution is 0.202. The average Bonchev–Trinajstić information content (AvgIpc) is 2.57. The molecule has 1 aromatic heterocycles. The molecule has 2 aromatic rings. The van der Waals surface area contributed by atoms with Crippen LogP contribution in [0, 0.1) is 5.41 Å². The number of hydrogen-bond donors (Lipinski definition) is 1. The van der Waals surface area contributed by atoms with Crippen LogP contribution in [0.3, 0.4) is 0 Å². The Labute approximate surface area is 167 Å². The van der Waals surface area contributed by atoms with Gasteiger partial charge in [-0.2, -0.15) is 0 Å². The van der Waals surface area contributed by atoms with Gasteiger partial charge in [0.15, 0.2) is 11.6 Å². The summed E-state index contributed by atoms with van der Waals surface area (Å²) in [7, 11) is 1.44. The molecule has 0 unspecified atom stereocenters. The van der Waals surface area contributed by atoms with Crippen molar-refractivity contribution < 1.29 is 14.6 Å². The van der Waals surface area contributed by atoms with Gasteiger partial charge in [-0.25, -0.2) is 4.79 Å². The molecule has 1 amide bonds. The molecule has 0 saturated carbocycles. The summed E-state index contributed by atoms with van der Waals surface area (Å²) in [5.41, 5.74) is -0.444. The summed E-state index contributed by atoms with van der Waals surface area (Å²) >= 11 is 3.44. The first-order valence-electron chi connectivity index (χ1n) is 9.02. The lowest BCUT2D eigenvalue weighted by Crippen LogP contribution is -2.35. The van der Waals surface area contributed by atoms with Crippen molar-refractivity contribution in [2.75, 3.05) is 18.6 Å². The molecule has 0 aliphatic heterocycles. The highest BCUT2D eigenvalue weighted by Gasteiger charge is 2.26. The van der Waals surface area contributed by atoms with E-state index in [0.29, 0.717) is 29.7 Å². The van der Waals surface area contributed by atoms with E-state index < -0.39 is 6.09 Å². The maximum atomic E-state index is 13.2. The first-order valence-corrected chi connectivity index (χ1v) is 9.81. The van der Waals surface area contributed by atoms with Gasteiger partial charge < -0.3 is 9.84 Å². The van der Waals surface area contributed by atoms with E-state index >= 15 is 0 Å². The number of amides is 1. The normalized spacial score (nSPS) is 11.6. The highest BCUT2D eigenvalue weighted by molar-refractivity contribution is 9.10. The summed E-state index contributed by atoms with van der Waals surface area (Å²) in [5.74, 6) is 0.692. The molecule has 0 aliphatic rings. The standard InChI is InChI=1S/C20H27BrN2O4/c1-6-7-10-27-16-15-11-13(21)8-9-14(15)18(24)23(12-20(2,3)4)17(16)22(5)19(25)26/h8-9,11H,6-7,10,12H2,1-5H3,(H,25,26). The summed E-state index contributed by atoms with van der Waals surface area (Å²) in [6, 6.07) is 5.36. The van der Waals surface area contributed by atoms with Crippen molar-refractivity contribution in [3.05, 3.63) is 33.0 Å². The second-order valence-corrected chi connectivity index (χ2v) is 8.75. The van der Waals surface area contributed by atoms with Crippen LogP contribution in [0.5, 0.6) is 5.75 Å². The third-order valence-corrected chi connectivity index (χ3v) is 4.64. The number of hydrogen-bond acceptors (Lipinski definition) is 3. The number of unbranched alkanes of at least 4 members (excludes halogenated alkanes) is 1. The number of carbonyl (C=O) groups is 1. The molecular weight excluding hydrogens is 412 g/mol. The van der Waals surface area contributed by atoms with Crippen molar-refractivity contribution in [1.82, 2.24) is 4.57 Å². The fraction of sp³-hybridized carbons (Fsp3) is 0.500. The topological polar surface area (TPSA) is 71.8 Å². The zero-order valence-electron chi connectivity index (χ0n) is 16.5.